The second kappa shape index (κ2) is 7.23. The van der Waals surface area contributed by atoms with Crippen LogP contribution in [0.5, 0.6) is 0 Å². The molecule has 0 spiro atoms. The van der Waals surface area contributed by atoms with Crippen LogP contribution in [0.1, 0.15) is 27.2 Å². The van der Waals surface area contributed by atoms with Crippen LogP contribution in [0.2, 0.25) is 0 Å². The minimum Gasteiger partial charge on any atom is -0.463 e. The first-order valence-corrected chi connectivity index (χ1v) is 5.06. The van der Waals surface area contributed by atoms with E-state index >= 15 is 0 Å². The van der Waals surface area contributed by atoms with Gasteiger partial charge in [-0.1, -0.05) is 13.8 Å². The van der Waals surface area contributed by atoms with Crippen LogP contribution >= 0.6 is 0 Å². The summed E-state index contributed by atoms with van der Waals surface area (Å²) in [5.41, 5.74) is 0. The van der Waals surface area contributed by atoms with Gasteiger partial charge in [-0.2, -0.15) is 0 Å². The van der Waals surface area contributed by atoms with E-state index in [9.17, 15) is 14.7 Å². The van der Waals surface area contributed by atoms with Crippen molar-refractivity contribution in [2.75, 3.05) is 13.2 Å². The Labute approximate surface area is 89.8 Å². The second-order valence-corrected chi connectivity index (χ2v) is 3.53. The lowest BCUT2D eigenvalue weighted by Gasteiger charge is -2.13. The number of carbonyl (C=O) groups is 2. The van der Waals surface area contributed by atoms with E-state index in [2.05, 4.69) is 5.32 Å². The maximum atomic E-state index is 11.2. The van der Waals surface area contributed by atoms with E-state index in [1.54, 1.807) is 6.92 Å². The third-order valence-electron chi connectivity index (χ3n) is 2.02. The molecule has 0 aromatic carbocycles. The standard InChI is InChI=1S/C10H19NO4/c1-4-7(2)10(14)15-6-9(13)5-11-8(3)12/h7,9,13H,4-6H2,1-3H3,(H,11,12). The quantitative estimate of drug-likeness (QED) is 0.617. The van der Waals surface area contributed by atoms with E-state index in [0.717, 1.165) is 0 Å². The van der Waals surface area contributed by atoms with Gasteiger partial charge in [-0.15, -0.1) is 0 Å². The van der Waals surface area contributed by atoms with Gasteiger partial charge in [0.05, 0.1) is 5.92 Å². The molecule has 0 bridgehead atoms. The molecule has 0 aliphatic rings. The first-order chi connectivity index (χ1) is 6.97. The Bertz CT molecular complexity index is 217. The van der Waals surface area contributed by atoms with Gasteiger partial charge >= 0.3 is 5.97 Å². The molecule has 0 aromatic rings. The largest absolute Gasteiger partial charge is 0.463 e. The van der Waals surface area contributed by atoms with Crippen molar-refractivity contribution in [2.45, 2.75) is 33.3 Å². The summed E-state index contributed by atoms with van der Waals surface area (Å²) in [6.45, 7) is 5.03. The molecule has 0 heterocycles. The zero-order valence-corrected chi connectivity index (χ0v) is 9.45. The summed E-state index contributed by atoms with van der Waals surface area (Å²) in [4.78, 5) is 21.7. The number of ether oxygens (including phenoxy) is 1. The van der Waals surface area contributed by atoms with Crippen LogP contribution in [-0.4, -0.2) is 36.2 Å². The van der Waals surface area contributed by atoms with Gasteiger partial charge in [-0.3, -0.25) is 9.59 Å². The molecule has 5 nitrogen and oxygen atoms in total. The van der Waals surface area contributed by atoms with E-state index < -0.39 is 6.10 Å². The topological polar surface area (TPSA) is 75.6 Å². The highest BCUT2D eigenvalue weighted by molar-refractivity contribution is 5.73. The molecule has 2 atom stereocenters. The molecular formula is C10H19NO4. The van der Waals surface area contributed by atoms with Crippen molar-refractivity contribution in [3.63, 3.8) is 0 Å². The summed E-state index contributed by atoms with van der Waals surface area (Å²) in [6.07, 6.45) is -0.137. The molecule has 88 valence electrons. The van der Waals surface area contributed by atoms with Crippen molar-refractivity contribution in [3.8, 4) is 0 Å². The summed E-state index contributed by atoms with van der Waals surface area (Å²) in [5, 5.41) is 11.7. The summed E-state index contributed by atoms with van der Waals surface area (Å²) in [5.74, 6) is -0.695. The Morgan fingerprint density at radius 2 is 2.07 bits per heavy atom. The fourth-order valence-electron chi connectivity index (χ4n) is 0.808. The van der Waals surface area contributed by atoms with Gasteiger partial charge in [0.15, 0.2) is 0 Å². The van der Waals surface area contributed by atoms with Crippen LogP contribution in [-0.2, 0) is 14.3 Å². The summed E-state index contributed by atoms with van der Waals surface area (Å²) in [7, 11) is 0. The predicted octanol–water partition coefficient (Wildman–Crippen LogP) is 0.0727. The minimum atomic E-state index is -0.845. The Balaban J connectivity index is 3.66. The van der Waals surface area contributed by atoms with E-state index in [4.69, 9.17) is 4.74 Å². The van der Waals surface area contributed by atoms with Gasteiger partial charge in [0.2, 0.25) is 5.91 Å². The number of hydrogen-bond donors (Lipinski definition) is 2. The number of nitrogens with one attached hydrogen (secondary N) is 1. The van der Waals surface area contributed by atoms with Crippen LogP contribution < -0.4 is 5.32 Å². The normalized spacial score (nSPS) is 14.1. The molecule has 15 heavy (non-hydrogen) atoms. The molecular weight excluding hydrogens is 198 g/mol. The molecule has 0 radical (unpaired) electrons. The highest BCUT2D eigenvalue weighted by atomic mass is 16.5. The van der Waals surface area contributed by atoms with Gasteiger partial charge in [-0.25, -0.2) is 0 Å². The van der Waals surface area contributed by atoms with E-state index in [-0.39, 0.29) is 30.9 Å². The Morgan fingerprint density at radius 1 is 1.47 bits per heavy atom. The van der Waals surface area contributed by atoms with Gasteiger partial charge in [0, 0.05) is 13.5 Å². The van der Waals surface area contributed by atoms with Gasteiger partial charge < -0.3 is 15.2 Å². The zero-order valence-electron chi connectivity index (χ0n) is 9.45. The lowest BCUT2D eigenvalue weighted by Crippen LogP contribution is -2.34. The van der Waals surface area contributed by atoms with Crippen molar-refractivity contribution >= 4 is 11.9 Å². The van der Waals surface area contributed by atoms with Crippen LogP contribution in [0, 0.1) is 5.92 Å². The predicted molar refractivity (Wildman–Crippen MR) is 55.1 cm³/mol. The molecule has 0 saturated heterocycles. The van der Waals surface area contributed by atoms with Crippen LogP contribution in [0.4, 0.5) is 0 Å². The second-order valence-electron chi connectivity index (χ2n) is 3.53. The van der Waals surface area contributed by atoms with Crippen LogP contribution in [0.15, 0.2) is 0 Å². The first-order valence-electron chi connectivity index (χ1n) is 5.06. The van der Waals surface area contributed by atoms with Gasteiger partial charge in [-0.05, 0) is 6.42 Å². The van der Waals surface area contributed by atoms with Crippen molar-refractivity contribution in [1.82, 2.24) is 5.32 Å². The zero-order chi connectivity index (χ0) is 11.8. The number of rotatable bonds is 6. The smallest absolute Gasteiger partial charge is 0.308 e. The van der Waals surface area contributed by atoms with Gasteiger partial charge in [0.25, 0.3) is 0 Å². The maximum absolute atomic E-state index is 11.2. The molecule has 2 N–H and O–H groups in total. The molecule has 1 amide bonds. The molecule has 5 heteroatoms. The molecule has 0 rings (SSSR count). The summed E-state index contributed by atoms with van der Waals surface area (Å²) < 4.78 is 4.85. The van der Waals surface area contributed by atoms with E-state index in [0.29, 0.717) is 6.42 Å². The highest BCUT2D eigenvalue weighted by Gasteiger charge is 2.14. The van der Waals surface area contributed by atoms with Crippen molar-refractivity contribution in [3.05, 3.63) is 0 Å². The average Bonchev–Trinajstić information content (AvgIpc) is 2.21. The number of aliphatic hydroxyl groups excluding tert-OH is 1. The van der Waals surface area contributed by atoms with E-state index in [1.807, 2.05) is 6.92 Å². The fraction of sp³-hybridized carbons (Fsp3) is 0.800. The molecule has 0 fully saturated rings. The Morgan fingerprint density at radius 3 is 2.53 bits per heavy atom. The molecule has 2 unspecified atom stereocenters. The number of aliphatic hydroxyl groups is 1. The lowest BCUT2D eigenvalue weighted by atomic mass is 10.1. The lowest BCUT2D eigenvalue weighted by molar-refractivity contribution is -0.150. The van der Waals surface area contributed by atoms with E-state index in [1.165, 1.54) is 6.92 Å². The van der Waals surface area contributed by atoms with Crippen LogP contribution in [0.3, 0.4) is 0 Å². The molecule has 0 saturated carbocycles. The van der Waals surface area contributed by atoms with Crippen molar-refractivity contribution < 1.29 is 19.4 Å². The highest BCUT2D eigenvalue weighted by Crippen LogP contribution is 2.03. The monoisotopic (exact) mass is 217 g/mol. The molecule has 0 aliphatic carbocycles. The third-order valence-corrected chi connectivity index (χ3v) is 2.02. The molecule has 0 aliphatic heterocycles. The van der Waals surface area contributed by atoms with Crippen molar-refractivity contribution in [1.29, 1.82) is 0 Å². The Kier molecular flexibility index (Phi) is 6.70. The molecule has 0 aromatic heterocycles. The number of carbonyl (C=O) groups excluding carboxylic acids is 2. The minimum absolute atomic E-state index is 0.0799. The maximum Gasteiger partial charge on any atom is 0.308 e. The summed E-state index contributed by atoms with van der Waals surface area (Å²) >= 11 is 0. The van der Waals surface area contributed by atoms with Crippen molar-refractivity contribution in [2.24, 2.45) is 5.92 Å². The third kappa shape index (κ3) is 6.90. The number of amides is 1. The summed E-state index contributed by atoms with van der Waals surface area (Å²) in [6, 6.07) is 0. The first kappa shape index (κ1) is 13.9. The fourth-order valence-corrected chi connectivity index (χ4v) is 0.808. The Hall–Kier alpha value is -1.10. The number of esters is 1. The number of hydrogen-bond acceptors (Lipinski definition) is 4. The van der Waals surface area contributed by atoms with Gasteiger partial charge in [0.1, 0.15) is 12.7 Å². The SMILES string of the molecule is CCC(C)C(=O)OCC(O)CNC(C)=O. The average molecular weight is 217 g/mol. The van der Waals surface area contributed by atoms with Crippen LogP contribution in [0.25, 0.3) is 0 Å².